The topological polar surface area (TPSA) is 96.0 Å². The van der Waals surface area contributed by atoms with Crippen LogP contribution in [-0.4, -0.2) is 57.4 Å². The van der Waals surface area contributed by atoms with Crippen LogP contribution >= 0.6 is 11.3 Å². The number of nitrogens with one attached hydrogen (secondary N) is 1. The van der Waals surface area contributed by atoms with Gasteiger partial charge in [-0.2, -0.15) is 4.31 Å². The van der Waals surface area contributed by atoms with Crippen molar-refractivity contribution in [2.45, 2.75) is 24.1 Å². The van der Waals surface area contributed by atoms with Crippen LogP contribution in [0.15, 0.2) is 40.6 Å². The molecule has 2 amide bonds. The van der Waals surface area contributed by atoms with Crippen LogP contribution in [0, 0.1) is 12.8 Å². The predicted molar refractivity (Wildman–Crippen MR) is 117 cm³/mol. The first-order chi connectivity index (χ1) is 14.8. The van der Waals surface area contributed by atoms with Gasteiger partial charge in [0.05, 0.1) is 25.7 Å². The number of rotatable bonds is 6. The van der Waals surface area contributed by atoms with Crippen LogP contribution in [0.3, 0.4) is 0 Å². The number of amides is 2. The number of benzene rings is 1. The van der Waals surface area contributed by atoms with Gasteiger partial charge in [-0.05, 0) is 31.2 Å². The van der Waals surface area contributed by atoms with E-state index >= 15 is 0 Å². The minimum Gasteiger partial charge on any atom is -0.379 e. The molecule has 2 fully saturated rings. The number of nitrogens with zero attached hydrogens (tertiary/aromatic N) is 2. The molecule has 1 atom stereocenters. The largest absolute Gasteiger partial charge is 0.379 e. The second kappa shape index (κ2) is 9.07. The number of ether oxygens (including phenoxy) is 1. The van der Waals surface area contributed by atoms with E-state index in [1.54, 1.807) is 17.0 Å². The van der Waals surface area contributed by atoms with E-state index in [4.69, 9.17) is 4.74 Å². The molecule has 0 aliphatic carbocycles. The molecular formula is C21H25N3O5S2. The van der Waals surface area contributed by atoms with Crippen molar-refractivity contribution in [2.75, 3.05) is 37.7 Å². The quantitative estimate of drug-likeness (QED) is 0.704. The van der Waals surface area contributed by atoms with E-state index in [9.17, 15) is 18.0 Å². The molecule has 10 heteroatoms. The summed E-state index contributed by atoms with van der Waals surface area (Å²) in [5.74, 6) is -0.696. The molecule has 2 aromatic rings. The molecule has 2 saturated heterocycles. The van der Waals surface area contributed by atoms with E-state index in [0.717, 1.165) is 27.5 Å². The van der Waals surface area contributed by atoms with Gasteiger partial charge >= 0.3 is 0 Å². The van der Waals surface area contributed by atoms with Crippen LogP contribution in [0.1, 0.15) is 16.9 Å². The van der Waals surface area contributed by atoms with Crippen LogP contribution in [-0.2, 0) is 30.9 Å². The van der Waals surface area contributed by atoms with Crippen molar-refractivity contribution in [1.82, 2.24) is 9.62 Å². The van der Waals surface area contributed by atoms with Crippen molar-refractivity contribution >= 4 is 38.9 Å². The number of thiophene rings is 1. The minimum absolute atomic E-state index is 0.0704. The van der Waals surface area contributed by atoms with E-state index < -0.39 is 15.9 Å². The highest BCUT2D eigenvalue weighted by molar-refractivity contribution is 7.91. The number of carbonyl (C=O) groups excluding carboxylic acids is 2. The Morgan fingerprint density at radius 1 is 1.16 bits per heavy atom. The van der Waals surface area contributed by atoms with E-state index in [-0.39, 0.29) is 29.0 Å². The smallest absolute Gasteiger partial charge is 0.252 e. The number of anilines is 1. The highest BCUT2D eigenvalue weighted by Gasteiger charge is 2.35. The van der Waals surface area contributed by atoms with Gasteiger partial charge < -0.3 is 15.0 Å². The minimum atomic E-state index is -3.54. The number of sulfonamides is 1. The molecule has 0 bridgehead atoms. The number of hydrogen-bond acceptors (Lipinski definition) is 6. The Labute approximate surface area is 185 Å². The van der Waals surface area contributed by atoms with Gasteiger partial charge in [0.1, 0.15) is 4.21 Å². The lowest BCUT2D eigenvalue weighted by Crippen LogP contribution is -2.40. The first-order valence-electron chi connectivity index (χ1n) is 10.2. The Balaban J connectivity index is 1.34. The van der Waals surface area contributed by atoms with E-state index in [0.29, 0.717) is 32.8 Å². The summed E-state index contributed by atoms with van der Waals surface area (Å²) < 4.78 is 32.4. The maximum absolute atomic E-state index is 12.7. The summed E-state index contributed by atoms with van der Waals surface area (Å²) in [5.41, 5.74) is 1.90. The van der Waals surface area contributed by atoms with Gasteiger partial charge in [-0.25, -0.2) is 8.42 Å². The molecule has 1 N–H and O–H groups in total. The molecule has 1 aromatic heterocycles. The molecular weight excluding hydrogens is 438 g/mol. The number of hydrogen-bond donors (Lipinski definition) is 1. The standard InChI is InChI=1S/C21H25N3O5S2/c1-15-2-4-17(5-3-15)24-14-16(12-19(24)25)21(26)22-13-18-6-7-20(30-18)31(27,28)23-8-10-29-11-9-23/h2-7,16H,8-14H2,1H3,(H,22,26). The van der Waals surface area contributed by atoms with E-state index in [1.807, 2.05) is 31.2 Å². The molecule has 0 saturated carbocycles. The predicted octanol–water partition coefficient (Wildman–Crippen LogP) is 1.75. The molecule has 1 aromatic carbocycles. The van der Waals surface area contributed by atoms with Gasteiger partial charge in [-0.1, -0.05) is 17.7 Å². The Morgan fingerprint density at radius 3 is 2.58 bits per heavy atom. The second-order valence-electron chi connectivity index (χ2n) is 7.70. The summed E-state index contributed by atoms with van der Waals surface area (Å²) in [4.78, 5) is 27.4. The van der Waals surface area contributed by atoms with Gasteiger partial charge in [-0.15, -0.1) is 11.3 Å². The fraction of sp³-hybridized carbons (Fsp3) is 0.429. The zero-order valence-corrected chi connectivity index (χ0v) is 18.9. The molecule has 4 rings (SSSR count). The van der Waals surface area contributed by atoms with Crippen LogP contribution < -0.4 is 10.2 Å². The summed E-state index contributed by atoms with van der Waals surface area (Å²) in [6.07, 6.45) is 0.167. The summed E-state index contributed by atoms with van der Waals surface area (Å²) in [6, 6.07) is 10.9. The number of aryl methyl sites for hydroxylation is 1. The van der Waals surface area contributed by atoms with Crippen molar-refractivity contribution in [2.24, 2.45) is 5.92 Å². The lowest BCUT2D eigenvalue weighted by molar-refractivity contribution is -0.126. The SMILES string of the molecule is Cc1ccc(N2CC(C(=O)NCc3ccc(S(=O)(=O)N4CCOCC4)s3)CC2=O)cc1. The van der Waals surface area contributed by atoms with Crippen molar-refractivity contribution in [3.8, 4) is 0 Å². The van der Waals surface area contributed by atoms with Gasteiger partial charge in [0.15, 0.2) is 0 Å². The first-order valence-corrected chi connectivity index (χ1v) is 12.4. The van der Waals surface area contributed by atoms with Crippen molar-refractivity contribution < 1.29 is 22.7 Å². The molecule has 8 nitrogen and oxygen atoms in total. The Morgan fingerprint density at radius 2 is 1.87 bits per heavy atom. The second-order valence-corrected chi connectivity index (χ2v) is 11.0. The summed E-state index contributed by atoms with van der Waals surface area (Å²) >= 11 is 1.15. The summed E-state index contributed by atoms with van der Waals surface area (Å²) in [5, 5.41) is 2.85. The molecule has 2 aliphatic heterocycles. The lowest BCUT2D eigenvalue weighted by atomic mass is 10.1. The number of morpholine rings is 1. The highest BCUT2D eigenvalue weighted by Crippen LogP contribution is 2.27. The van der Waals surface area contributed by atoms with Gasteiger partial charge in [0.25, 0.3) is 10.0 Å². The zero-order chi connectivity index (χ0) is 22.0. The molecule has 0 spiro atoms. The van der Waals surface area contributed by atoms with Gasteiger partial charge in [0, 0.05) is 36.6 Å². The molecule has 0 radical (unpaired) electrons. The highest BCUT2D eigenvalue weighted by atomic mass is 32.2. The first kappa shape index (κ1) is 21.9. The fourth-order valence-corrected chi connectivity index (χ4v) is 6.54. The third kappa shape index (κ3) is 4.82. The average molecular weight is 464 g/mol. The Hall–Kier alpha value is -2.27. The van der Waals surface area contributed by atoms with E-state index in [2.05, 4.69) is 5.32 Å². The molecule has 2 aliphatic rings. The van der Waals surface area contributed by atoms with Crippen LogP contribution in [0.2, 0.25) is 0 Å². The number of carbonyl (C=O) groups is 2. The summed E-state index contributed by atoms with van der Waals surface area (Å²) in [6.45, 7) is 4.04. The Bertz CT molecular complexity index is 1060. The lowest BCUT2D eigenvalue weighted by Gasteiger charge is -2.25. The van der Waals surface area contributed by atoms with E-state index in [1.165, 1.54) is 4.31 Å². The maximum atomic E-state index is 12.7. The molecule has 31 heavy (non-hydrogen) atoms. The maximum Gasteiger partial charge on any atom is 0.252 e. The zero-order valence-electron chi connectivity index (χ0n) is 17.2. The fourth-order valence-electron chi connectivity index (χ4n) is 3.68. The molecule has 3 heterocycles. The van der Waals surface area contributed by atoms with Crippen molar-refractivity contribution in [1.29, 1.82) is 0 Å². The van der Waals surface area contributed by atoms with Crippen LogP contribution in [0.25, 0.3) is 0 Å². The van der Waals surface area contributed by atoms with Crippen molar-refractivity contribution in [3.05, 3.63) is 46.8 Å². The van der Waals surface area contributed by atoms with Crippen LogP contribution in [0.5, 0.6) is 0 Å². The third-order valence-corrected chi connectivity index (χ3v) is 8.93. The summed E-state index contributed by atoms with van der Waals surface area (Å²) in [7, 11) is -3.54. The Kier molecular flexibility index (Phi) is 6.42. The van der Waals surface area contributed by atoms with Crippen LogP contribution in [0.4, 0.5) is 5.69 Å². The molecule has 1 unspecified atom stereocenters. The normalized spacial score (nSPS) is 20.2. The molecule has 166 valence electrons. The third-order valence-electron chi connectivity index (χ3n) is 5.48. The van der Waals surface area contributed by atoms with Gasteiger partial charge in [-0.3, -0.25) is 9.59 Å². The average Bonchev–Trinajstić information content (AvgIpc) is 3.41. The van der Waals surface area contributed by atoms with Gasteiger partial charge in [0.2, 0.25) is 11.8 Å². The van der Waals surface area contributed by atoms with Crippen molar-refractivity contribution in [3.63, 3.8) is 0 Å². The monoisotopic (exact) mass is 463 g/mol.